The summed E-state index contributed by atoms with van der Waals surface area (Å²) in [6.45, 7) is 6.21. The molecule has 0 amide bonds. The summed E-state index contributed by atoms with van der Waals surface area (Å²) in [7, 11) is -7.50. The van der Waals surface area contributed by atoms with Crippen LogP contribution in [0.3, 0.4) is 0 Å². The smallest absolute Gasteiger partial charge is 0.301 e. The van der Waals surface area contributed by atoms with Crippen LogP contribution in [-0.4, -0.2) is 76.9 Å². The van der Waals surface area contributed by atoms with Crippen molar-refractivity contribution in [3.63, 3.8) is 0 Å². The van der Waals surface area contributed by atoms with Crippen LogP contribution in [0.5, 0.6) is 0 Å². The lowest BCUT2D eigenvalue weighted by Gasteiger charge is -2.45. The quantitative estimate of drug-likeness (QED) is 0.509. The van der Waals surface area contributed by atoms with Gasteiger partial charge in [-0.2, -0.15) is 4.31 Å². The Labute approximate surface area is 229 Å². The molecule has 4 rings (SSSR count). The predicted molar refractivity (Wildman–Crippen MR) is 148 cm³/mol. The zero-order chi connectivity index (χ0) is 28.6. The van der Waals surface area contributed by atoms with Gasteiger partial charge in [0.1, 0.15) is 11.4 Å². The maximum absolute atomic E-state index is 14.5. The molecule has 1 fully saturated rings. The Bertz CT molecular complexity index is 1460. The number of aliphatic hydroxyl groups is 1. The van der Waals surface area contributed by atoms with Gasteiger partial charge in [-0.25, -0.2) is 21.2 Å². The van der Waals surface area contributed by atoms with Gasteiger partial charge in [0.25, 0.3) is 10.0 Å². The molecule has 39 heavy (non-hydrogen) atoms. The van der Waals surface area contributed by atoms with Gasteiger partial charge in [0, 0.05) is 44.0 Å². The highest BCUT2D eigenvalue weighted by atomic mass is 32.2. The molecule has 0 saturated carbocycles. The monoisotopic (exact) mass is 582 g/mol. The fraction of sp³-hybridized carbons (Fsp3) is 0.500. The number of nitrogens with one attached hydrogen (secondary N) is 1. The molecule has 10 nitrogen and oxygen atoms in total. The molecule has 0 radical (unpaired) electrons. The lowest BCUT2D eigenvalue weighted by molar-refractivity contribution is 0.0393. The van der Waals surface area contributed by atoms with Crippen molar-refractivity contribution in [1.29, 1.82) is 0 Å². The van der Waals surface area contributed by atoms with Gasteiger partial charge >= 0.3 is 6.02 Å². The molecule has 0 spiro atoms. The van der Waals surface area contributed by atoms with E-state index in [1.165, 1.54) is 16.6 Å². The highest BCUT2D eigenvalue weighted by molar-refractivity contribution is 7.91. The SMILES string of the molecule is CC1(C)OC(N[C@@H](CCO)c2ccccc2F)=NS(=O)(=O)C1(C)c1cccc(N2CCN(S(C)(=O)=O)CC2)c1. The molecule has 1 unspecified atom stereocenters. The minimum atomic E-state index is -4.22. The Kier molecular flexibility index (Phi) is 8.01. The topological polar surface area (TPSA) is 129 Å². The third-order valence-electron chi connectivity index (χ3n) is 7.69. The number of amidine groups is 1. The van der Waals surface area contributed by atoms with E-state index in [4.69, 9.17) is 4.74 Å². The van der Waals surface area contributed by atoms with Gasteiger partial charge in [-0.1, -0.05) is 30.3 Å². The molecule has 2 aliphatic heterocycles. The van der Waals surface area contributed by atoms with Crippen LogP contribution >= 0.6 is 0 Å². The highest BCUT2D eigenvalue weighted by Gasteiger charge is 2.58. The number of sulfonamides is 2. The molecule has 13 heteroatoms. The fourth-order valence-electron chi connectivity index (χ4n) is 5.04. The van der Waals surface area contributed by atoms with E-state index in [0.717, 1.165) is 5.69 Å². The van der Waals surface area contributed by atoms with E-state index in [-0.39, 0.29) is 24.6 Å². The number of benzene rings is 2. The van der Waals surface area contributed by atoms with Crippen molar-refractivity contribution in [3.8, 4) is 0 Å². The number of halogens is 1. The van der Waals surface area contributed by atoms with Gasteiger partial charge in [-0.05, 0) is 51.0 Å². The van der Waals surface area contributed by atoms with Crippen LogP contribution in [0.2, 0.25) is 0 Å². The van der Waals surface area contributed by atoms with Crippen LogP contribution in [0, 0.1) is 5.82 Å². The first-order chi connectivity index (χ1) is 18.2. The van der Waals surface area contributed by atoms with Crippen LogP contribution in [-0.2, 0) is 29.5 Å². The minimum absolute atomic E-state index is 0.107. The van der Waals surface area contributed by atoms with E-state index in [0.29, 0.717) is 31.7 Å². The Morgan fingerprint density at radius 3 is 2.36 bits per heavy atom. The molecular formula is C26H35FN4O6S2. The average molecular weight is 583 g/mol. The predicted octanol–water partition coefficient (Wildman–Crippen LogP) is 2.33. The van der Waals surface area contributed by atoms with Crippen molar-refractivity contribution in [3.05, 3.63) is 65.5 Å². The molecule has 2 aromatic rings. The number of hydrogen-bond acceptors (Lipinski definition) is 8. The van der Waals surface area contributed by atoms with Crippen molar-refractivity contribution < 1.29 is 31.1 Å². The van der Waals surface area contributed by atoms with Gasteiger partial charge in [0.2, 0.25) is 10.0 Å². The summed E-state index contributed by atoms with van der Waals surface area (Å²) in [6, 6.07) is 12.1. The minimum Gasteiger partial charge on any atom is -0.456 e. The number of aliphatic hydroxyl groups excluding tert-OH is 1. The van der Waals surface area contributed by atoms with E-state index >= 15 is 0 Å². The highest BCUT2D eigenvalue weighted by Crippen LogP contribution is 2.47. The van der Waals surface area contributed by atoms with E-state index < -0.39 is 42.3 Å². The number of anilines is 1. The van der Waals surface area contributed by atoms with E-state index in [1.54, 1.807) is 57.2 Å². The maximum Gasteiger partial charge on any atom is 0.301 e. The molecule has 214 valence electrons. The largest absolute Gasteiger partial charge is 0.456 e. The summed E-state index contributed by atoms with van der Waals surface area (Å²) >= 11 is 0. The summed E-state index contributed by atoms with van der Waals surface area (Å²) in [5, 5.41) is 12.4. The van der Waals surface area contributed by atoms with Crippen LogP contribution in [0.25, 0.3) is 0 Å². The summed E-state index contributed by atoms with van der Waals surface area (Å²) in [4.78, 5) is 2.02. The zero-order valence-electron chi connectivity index (χ0n) is 22.5. The fourth-order valence-corrected chi connectivity index (χ4v) is 7.44. The van der Waals surface area contributed by atoms with Gasteiger partial charge < -0.3 is 20.1 Å². The Balaban J connectivity index is 1.64. The molecule has 2 aliphatic rings. The number of ether oxygens (including phenoxy) is 1. The third kappa shape index (κ3) is 5.63. The Morgan fingerprint density at radius 1 is 1.10 bits per heavy atom. The summed E-state index contributed by atoms with van der Waals surface area (Å²) < 4.78 is 75.8. The first kappa shape index (κ1) is 29.2. The zero-order valence-corrected chi connectivity index (χ0v) is 24.1. The summed E-state index contributed by atoms with van der Waals surface area (Å²) in [5.74, 6) is -0.499. The second-order valence-corrected chi connectivity index (χ2v) is 14.4. The number of piperazine rings is 1. The molecule has 1 saturated heterocycles. The van der Waals surface area contributed by atoms with Gasteiger partial charge in [-0.3, -0.25) is 0 Å². The summed E-state index contributed by atoms with van der Waals surface area (Å²) in [6.07, 6.45) is 1.29. The average Bonchev–Trinajstić information content (AvgIpc) is 2.86. The van der Waals surface area contributed by atoms with E-state index in [9.17, 15) is 26.3 Å². The maximum atomic E-state index is 14.5. The lowest BCUT2D eigenvalue weighted by Crippen LogP contribution is -2.58. The molecular weight excluding hydrogens is 547 g/mol. The number of nitrogens with zero attached hydrogens (tertiary/aromatic N) is 3. The Morgan fingerprint density at radius 2 is 1.77 bits per heavy atom. The van der Waals surface area contributed by atoms with Crippen LogP contribution in [0.1, 0.15) is 44.4 Å². The second-order valence-electron chi connectivity index (χ2n) is 10.4. The molecule has 0 bridgehead atoms. The normalized spacial score (nSPS) is 23.9. The summed E-state index contributed by atoms with van der Waals surface area (Å²) in [5.41, 5.74) is 0.190. The Hall–Kier alpha value is -2.74. The van der Waals surface area contributed by atoms with Crippen LogP contribution in [0.15, 0.2) is 52.9 Å². The van der Waals surface area contributed by atoms with Crippen molar-refractivity contribution in [2.45, 2.75) is 43.6 Å². The molecule has 2 aromatic carbocycles. The van der Waals surface area contributed by atoms with Crippen molar-refractivity contribution in [1.82, 2.24) is 9.62 Å². The molecule has 0 aromatic heterocycles. The number of hydrogen-bond donors (Lipinski definition) is 2. The standard InChI is InChI=1S/C26H35FN4O6S2/c1-25(2)26(3,19-8-7-9-20(18-19)30-13-15-31(16-14-30)38(4,33)34)39(35,36)29-24(37-25)28-23(12-17-32)21-10-5-6-11-22(21)27/h5-11,18,23,32H,12-17H2,1-4H3,(H,28,29)/t23-,26?/m0/s1. The van der Waals surface area contributed by atoms with E-state index in [1.807, 2.05) is 11.0 Å². The van der Waals surface area contributed by atoms with Crippen LogP contribution in [0.4, 0.5) is 10.1 Å². The van der Waals surface area contributed by atoms with Crippen molar-refractivity contribution in [2.24, 2.45) is 4.40 Å². The first-order valence-corrected chi connectivity index (χ1v) is 15.9. The first-order valence-electron chi connectivity index (χ1n) is 12.7. The van der Waals surface area contributed by atoms with Crippen LogP contribution < -0.4 is 10.2 Å². The lowest BCUT2D eigenvalue weighted by atomic mass is 9.84. The van der Waals surface area contributed by atoms with Gasteiger partial charge in [0.15, 0.2) is 4.75 Å². The van der Waals surface area contributed by atoms with Crippen molar-refractivity contribution >= 4 is 31.8 Å². The van der Waals surface area contributed by atoms with Gasteiger partial charge in [0.05, 0.1) is 12.3 Å². The molecule has 0 aliphatic carbocycles. The molecule has 2 N–H and O–H groups in total. The van der Waals surface area contributed by atoms with Crippen molar-refractivity contribution in [2.75, 3.05) is 43.9 Å². The molecule has 2 heterocycles. The molecule has 2 atom stereocenters. The number of rotatable bonds is 7. The third-order valence-corrected chi connectivity index (χ3v) is 11.2. The van der Waals surface area contributed by atoms with Gasteiger partial charge in [-0.15, -0.1) is 4.40 Å². The second kappa shape index (κ2) is 10.7. The van der Waals surface area contributed by atoms with E-state index in [2.05, 4.69) is 9.71 Å².